The molecule has 0 spiro atoms. The molecule has 0 aliphatic carbocycles. The summed E-state index contributed by atoms with van der Waals surface area (Å²) in [4.78, 5) is 10.4. The summed E-state index contributed by atoms with van der Waals surface area (Å²) in [7, 11) is 0. The fourth-order valence-electron chi connectivity index (χ4n) is 1.42. The maximum Gasteiger partial charge on any atom is 0.251 e. The standard InChI is InChI=1S/C11H22FNO/c1-2-3-4-5-6-7-8-9-10(12)11(13)14/h10H,2-9H2,1H3,(H2,13,14). The zero-order chi connectivity index (χ0) is 10.8. The number of carbonyl (C=O) groups is 1. The van der Waals surface area contributed by atoms with Crippen LogP contribution in [0, 0.1) is 0 Å². The lowest BCUT2D eigenvalue weighted by atomic mass is 10.1. The van der Waals surface area contributed by atoms with E-state index in [0.29, 0.717) is 6.42 Å². The average molecular weight is 203 g/mol. The van der Waals surface area contributed by atoms with Crippen molar-refractivity contribution in [3.63, 3.8) is 0 Å². The molecule has 0 saturated heterocycles. The van der Waals surface area contributed by atoms with Crippen LogP contribution in [0.4, 0.5) is 4.39 Å². The largest absolute Gasteiger partial charge is 0.367 e. The summed E-state index contributed by atoms with van der Waals surface area (Å²) in [5.41, 5.74) is 4.80. The predicted molar refractivity (Wildman–Crippen MR) is 56.7 cm³/mol. The lowest BCUT2D eigenvalue weighted by Crippen LogP contribution is -2.24. The van der Waals surface area contributed by atoms with Crippen molar-refractivity contribution in [1.82, 2.24) is 0 Å². The van der Waals surface area contributed by atoms with Gasteiger partial charge in [-0.15, -0.1) is 0 Å². The van der Waals surface area contributed by atoms with Crippen LogP contribution in [0.2, 0.25) is 0 Å². The Hall–Kier alpha value is -0.600. The third-order valence-corrected chi connectivity index (χ3v) is 2.37. The molecule has 2 N–H and O–H groups in total. The summed E-state index contributed by atoms with van der Waals surface area (Å²) in [6.07, 6.45) is 6.81. The fourth-order valence-corrected chi connectivity index (χ4v) is 1.42. The van der Waals surface area contributed by atoms with E-state index >= 15 is 0 Å². The van der Waals surface area contributed by atoms with Crippen molar-refractivity contribution in [3.05, 3.63) is 0 Å². The molecule has 0 aromatic heterocycles. The van der Waals surface area contributed by atoms with Crippen LogP contribution in [0.1, 0.15) is 58.3 Å². The highest BCUT2D eigenvalue weighted by Gasteiger charge is 2.11. The average Bonchev–Trinajstić information content (AvgIpc) is 2.16. The van der Waals surface area contributed by atoms with Crippen LogP contribution in [-0.2, 0) is 4.79 Å². The van der Waals surface area contributed by atoms with Crippen molar-refractivity contribution in [2.75, 3.05) is 0 Å². The van der Waals surface area contributed by atoms with E-state index in [1.165, 1.54) is 25.7 Å². The van der Waals surface area contributed by atoms with E-state index in [4.69, 9.17) is 5.73 Å². The first-order chi connectivity index (χ1) is 6.68. The number of amides is 1. The minimum atomic E-state index is -1.44. The third-order valence-electron chi connectivity index (χ3n) is 2.37. The lowest BCUT2D eigenvalue weighted by Gasteiger charge is -2.03. The molecule has 0 saturated carbocycles. The van der Waals surface area contributed by atoms with Gasteiger partial charge in [0, 0.05) is 0 Å². The SMILES string of the molecule is CCCCCCCCCC(F)C(N)=O. The molecule has 0 rings (SSSR count). The normalized spacial score (nSPS) is 12.7. The van der Waals surface area contributed by atoms with E-state index < -0.39 is 12.1 Å². The van der Waals surface area contributed by atoms with Gasteiger partial charge in [-0.2, -0.15) is 0 Å². The summed E-state index contributed by atoms with van der Waals surface area (Å²) < 4.78 is 12.7. The molecular weight excluding hydrogens is 181 g/mol. The molecule has 0 aromatic rings. The molecule has 1 unspecified atom stereocenters. The van der Waals surface area contributed by atoms with Crippen molar-refractivity contribution in [2.24, 2.45) is 5.73 Å². The summed E-state index contributed by atoms with van der Waals surface area (Å²) in [5, 5.41) is 0. The summed E-state index contributed by atoms with van der Waals surface area (Å²) in [6.45, 7) is 2.18. The molecular formula is C11H22FNO. The first kappa shape index (κ1) is 13.4. The summed E-state index contributed by atoms with van der Waals surface area (Å²) >= 11 is 0. The molecule has 0 aliphatic rings. The molecule has 3 heteroatoms. The molecule has 2 nitrogen and oxygen atoms in total. The molecule has 84 valence electrons. The third kappa shape index (κ3) is 8.02. The Morgan fingerprint density at radius 1 is 1.14 bits per heavy atom. The molecule has 0 heterocycles. The number of hydrogen-bond acceptors (Lipinski definition) is 1. The van der Waals surface area contributed by atoms with E-state index in [0.717, 1.165) is 19.3 Å². The molecule has 0 radical (unpaired) electrons. The second-order valence-electron chi connectivity index (χ2n) is 3.78. The first-order valence-electron chi connectivity index (χ1n) is 5.62. The zero-order valence-corrected chi connectivity index (χ0v) is 9.10. The number of primary amides is 1. The van der Waals surface area contributed by atoms with Crippen molar-refractivity contribution in [2.45, 2.75) is 64.5 Å². The van der Waals surface area contributed by atoms with Crippen molar-refractivity contribution in [3.8, 4) is 0 Å². The van der Waals surface area contributed by atoms with Gasteiger partial charge in [-0.1, -0.05) is 51.9 Å². The van der Waals surface area contributed by atoms with Crippen LogP contribution >= 0.6 is 0 Å². The molecule has 1 atom stereocenters. The van der Waals surface area contributed by atoms with Gasteiger partial charge < -0.3 is 5.73 Å². The highest BCUT2D eigenvalue weighted by Crippen LogP contribution is 2.10. The smallest absolute Gasteiger partial charge is 0.251 e. The predicted octanol–water partition coefficient (Wildman–Crippen LogP) is 2.95. The van der Waals surface area contributed by atoms with E-state index in [1.54, 1.807) is 0 Å². The number of unbranched alkanes of at least 4 members (excludes halogenated alkanes) is 6. The van der Waals surface area contributed by atoms with E-state index in [-0.39, 0.29) is 0 Å². The van der Waals surface area contributed by atoms with Crippen molar-refractivity contribution >= 4 is 5.91 Å². The number of hydrogen-bond donors (Lipinski definition) is 1. The quantitative estimate of drug-likeness (QED) is 0.575. The van der Waals surface area contributed by atoms with Crippen LogP contribution < -0.4 is 5.73 Å². The monoisotopic (exact) mass is 203 g/mol. The number of alkyl halides is 1. The minimum absolute atomic E-state index is 0.295. The Labute approximate surface area is 86.1 Å². The van der Waals surface area contributed by atoms with Gasteiger partial charge in [0.2, 0.25) is 0 Å². The first-order valence-corrected chi connectivity index (χ1v) is 5.62. The molecule has 0 bridgehead atoms. The van der Waals surface area contributed by atoms with Crippen molar-refractivity contribution < 1.29 is 9.18 Å². The number of nitrogens with two attached hydrogens (primary N) is 1. The molecule has 1 amide bonds. The molecule has 0 aromatic carbocycles. The molecule has 0 aliphatic heterocycles. The second-order valence-corrected chi connectivity index (χ2v) is 3.78. The zero-order valence-electron chi connectivity index (χ0n) is 9.10. The minimum Gasteiger partial charge on any atom is -0.367 e. The maximum atomic E-state index is 12.7. The van der Waals surface area contributed by atoms with E-state index in [1.807, 2.05) is 0 Å². The van der Waals surface area contributed by atoms with Crippen LogP contribution in [0.25, 0.3) is 0 Å². The van der Waals surface area contributed by atoms with Crippen LogP contribution in [-0.4, -0.2) is 12.1 Å². The van der Waals surface area contributed by atoms with Gasteiger partial charge in [-0.05, 0) is 6.42 Å². The Balaban J connectivity index is 3.09. The lowest BCUT2D eigenvalue weighted by molar-refractivity contribution is -0.122. The Morgan fingerprint density at radius 2 is 1.64 bits per heavy atom. The van der Waals surface area contributed by atoms with Gasteiger partial charge >= 0.3 is 0 Å². The van der Waals surface area contributed by atoms with Gasteiger partial charge in [0.25, 0.3) is 5.91 Å². The van der Waals surface area contributed by atoms with Gasteiger partial charge in [0.1, 0.15) is 0 Å². The van der Waals surface area contributed by atoms with Crippen LogP contribution in [0.5, 0.6) is 0 Å². The Bertz CT molecular complexity index is 150. The van der Waals surface area contributed by atoms with Crippen molar-refractivity contribution in [1.29, 1.82) is 0 Å². The second kappa shape index (κ2) is 8.97. The van der Waals surface area contributed by atoms with E-state index in [9.17, 15) is 9.18 Å². The number of carbonyl (C=O) groups excluding carboxylic acids is 1. The highest BCUT2D eigenvalue weighted by molar-refractivity contribution is 5.78. The van der Waals surface area contributed by atoms with Crippen LogP contribution in [0.3, 0.4) is 0 Å². The highest BCUT2D eigenvalue weighted by atomic mass is 19.1. The number of rotatable bonds is 9. The van der Waals surface area contributed by atoms with E-state index in [2.05, 4.69) is 6.92 Å². The summed E-state index contributed by atoms with van der Waals surface area (Å²) in [6, 6.07) is 0. The van der Waals surface area contributed by atoms with Gasteiger partial charge in [-0.25, -0.2) is 4.39 Å². The van der Waals surface area contributed by atoms with Gasteiger partial charge in [0.05, 0.1) is 0 Å². The summed E-state index contributed by atoms with van der Waals surface area (Å²) in [5.74, 6) is -0.823. The Morgan fingerprint density at radius 3 is 2.14 bits per heavy atom. The fraction of sp³-hybridized carbons (Fsp3) is 0.909. The Kier molecular flexibility index (Phi) is 8.59. The topological polar surface area (TPSA) is 43.1 Å². The van der Waals surface area contributed by atoms with Crippen LogP contribution in [0.15, 0.2) is 0 Å². The number of halogens is 1. The molecule has 0 fully saturated rings. The van der Waals surface area contributed by atoms with Gasteiger partial charge in [-0.3, -0.25) is 4.79 Å². The maximum absolute atomic E-state index is 12.7. The molecule has 14 heavy (non-hydrogen) atoms. The van der Waals surface area contributed by atoms with Gasteiger partial charge in [0.15, 0.2) is 6.17 Å².